The molecule has 0 rings (SSSR count). The SMILES string of the molecule is CCC=CCCCOCSC. The van der Waals surface area contributed by atoms with Crippen molar-refractivity contribution in [1.29, 1.82) is 0 Å². The van der Waals surface area contributed by atoms with Crippen molar-refractivity contribution in [1.82, 2.24) is 0 Å². The van der Waals surface area contributed by atoms with Gasteiger partial charge in [-0.25, -0.2) is 0 Å². The van der Waals surface area contributed by atoms with Gasteiger partial charge in [0.25, 0.3) is 0 Å². The molecule has 0 aromatic rings. The molecule has 0 unspecified atom stereocenters. The monoisotopic (exact) mass is 174 g/mol. The first-order valence-corrected chi connectivity index (χ1v) is 5.53. The summed E-state index contributed by atoms with van der Waals surface area (Å²) in [6.07, 6.45) is 9.93. The van der Waals surface area contributed by atoms with Gasteiger partial charge in [0, 0.05) is 6.61 Å². The normalized spacial score (nSPS) is 11.1. The van der Waals surface area contributed by atoms with E-state index in [-0.39, 0.29) is 0 Å². The van der Waals surface area contributed by atoms with Gasteiger partial charge in [-0.1, -0.05) is 19.1 Å². The van der Waals surface area contributed by atoms with Crippen LogP contribution >= 0.6 is 11.8 Å². The van der Waals surface area contributed by atoms with Crippen molar-refractivity contribution in [3.63, 3.8) is 0 Å². The zero-order valence-electron chi connectivity index (χ0n) is 7.51. The smallest absolute Gasteiger partial charge is 0.0918 e. The Morgan fingerprint density at radius 1 is 1.36 bits per heavy atom. The largest absolute Gasteiger partial charge is 0.371 e. The summed E-state index contributed by atoms with van der Waals surface area (Å²) in [7, 11) is 0. The van der Waals surface area contributed by atoms with E-state index in [0.717, 1.165) is 31.8 Å². The Labute approximate surface area is 74.2 Å². The van der Waals surface area contributed by atoms with Crippen molar-refractivity contribution >= 4 is 11.8 Å². The van der Waals surface area contributed by atoms with Gasteiger partial charge in [-0.3, -0.25) is 0 Å². The molecule has 0 amide bonds. The van der Waals surface area contributed by atoms with Crippen LogP contribution in [0.4, 0.5) is 0 Å². The van der Waals surface area contributed by atoms with Crippen molar-refractivity contribution in [3.8, 4) is 0 Å². The Morgan fingerprint density at radius 2 is 2.18 bits per heavy atom. The van der Waals surface area contributed by atoms with Crippen LogP contribution in [0.15, 0.2) is 12.2 Å². The van der Waals surface area contributed by atoms with Gasteiger partial charge >= 0.3 is 0 Å². The predicted molar refractivity (Wildman–Crippen MR) is 53.0 cm³/mol. The molecule has 0 saturated heterocycles. The molecular weight excluding hydrogens is 156 g/mol. The van der Waals surface area contributed by atoms with Gasteiger partial charge in [0.1, 0.15) is 0 Å². The number of rotatable bonds is 7. The van der Waals surface area contributed by atoms with E-state index < -0.39 is 0 Å². The molecule has 0 saturated carbocycles. The third-order valence-corrected chi connectivity index (χ3v) is 1.67. The van der Waals surface area contributed by atoms with Crippen LogP contribution in [0.3, 0.4) is 0 Å². The second kappa shape index (κ2) is 10.0. The van der Waals surface area contributed by atoms with Crippen LogP contribution < -0.4 is 0 Å². The van der Waals surface area contributed by atoms with Crippen molar-refractivity contribution in [3.05, 3.63) is 12.2 Å². The third kappa shape index (κ3) is 10.1. The van der Waals surface area contributed by atoms with Crippen molar-refractivity contribution in [2.45, 2.75) is 26.2 Å². The van der Waals surface area contributed by atoms with Crippen LogP contribution in [-0.2, 0) is 4.74 Å². The minimum atomic E-state index is 0.831. The molecule has 0 aliphatic rings. The maximum Gasteiger partial charge on any atom is 0.0918 e. The minimum Gasteiger partial charge on any atom is -0.371 e. The molecule has 66 valence electrons. The van der Waals surface area contributed by atoms with Gasteiger partial charge in [-0.05, 0) is 25.5 Å². The van der Waals surface area contributed by atoms with E-state index in [9.17, 15) is 0 Å². The van der Waals surface area contributed by atoms with Gasteiger partial charge < -0.3 is 4.74 Å². The van der Waals surface area contributed by atoms with Gasteiger partial charge in [0.05, 0.1) is 5.94 Å². The first-order chi connectivity index (χ1) is 5.41. The lowest BCUT2D eigenvalue weighted by molar-refractivity contribution is 0.180. The maximum absolute atomic E-state index is 5.29. The minimum absolute atomic E-state index is 0.831. The highest BCUT2D eigenvalue weighted by atomic mass is 32.2. The van der Waals surface area contributed by atoms with E-state index in [0.29, 0.717) is 0 Å². The van der Waals surface area contributed by atoms with Crippen LogP contribution in [0.1, 0.15) is 26.2 Å². The summed E-state index contributed by atoms with van der Waals surface area (Å²) < 4.78 is 5.29. The summed E-state index contributed by atoms with van der Waals surface area (Å²) in [6, 6.07) is 0. The molecule has 0 N–H and O–H groups in total. The second-order valence-corrected chi connectivity index (χ2v) is 3.15. The maximum atomic E-state index is 5.29. The highest BCUT2D eigenvalue weighted by Crippen LogP contribution is 1.96. The Balaban J connectivity index is 2.85. The van der Waals surface area contributed by atoms with Crippen molar-refractivity contribution < 1.29 is 4.74 Å². The van der Waals surface area contributed by atoms with E-state index in [1.165, 1.54) is 0 Å². The summed E-state index contributed by atoms with van der Waals surface area (Å²) in [5, 5.41) is 0. The van der Waals surface area contributed by atoms with Crippen LogP contribution in [0.5, 0.6) is 0 Å². The highest BCUT2D eigenvalue weighted by molar-refractivity contribution is 7.98. The number of hydrogen-bond donors (Lipinski definition) is 0. The molecule has 11 heavy (non-hydrogen) atoms. The summed E-state index contributed by atoms with van der Waals surface area (Å²) in [6.45, 7) is 3.05. The average Bonchev–Trinajstić information content (AvgIpc) is 2.03. The van der Waals surface area contributed by atoms with Crippen LogP contribution in [-0.4, -0.2) is 18.8 Å². The number of allylic oxidation sites excluding steroid dienone is 2. The van der Waals surface area contributed by atoms with Crippen molar-refractivity contribution in [2.24, 2.45) is 0 Å². The molecular formula is C9H18OS. The lowest BCUT2D eigenvalue weighted by atomic mass is 10.3. The second-order valence-electron chi connectivity index (χ2n) is 2.34. The van der Waals surface area contributed by atoms with Crippen LogP contribution in [0, 0.1) is 0 Å². The molecule has 0 spiro atoms. The molecule has 0 aliphatic heterocycles. The molecule has 2 heteroatoms. The average molecular weight is 174 g/mol. The number of hydrogen-bond acceptors (Lipinski definition) is 2. The standard InChI is InChI=1S/C9H18OS/c1-3-4-5-6-7-8-10-9-11-2/h4-5H,3,6-9H2,1-2H3. The van der Waals surface area contributed by atoms with E-state index in [2.05, 4.69) is 25.3 Å². The molecule has 0 heterocycles. The number of thioether (sulfide) groups is 1. The van der Waals surface area contributed by atoms with Crippen LogP contribution in [0.25, 0.3) is 0 Å². The fraction of sp³-hybridized carbons (Fsp3) is 0.778. The first-order valence-electron chi connectivity index (χ1n) is 4.13. The topological polar surface area (TPSA) is 9.23 Å². The zero-order valence-corrected chi connectivity index (χ0v) is 8.32. The highest BCUT2D eigenvalue weighted by Gasteiger charge is 1.84. The predicted octanol–water partition coefficient (Wildman–Crippen LogP) is 3.07. The lowest BCUT2D eigenvalue weighted by Gasteiger charge is -1.98. The van der Waals surface area contributed by atoms with E-state index in [1.54, 1.807) is 11.8 Å². The molecule has 0 bridgehead atoms. The molecule has 0 atom stereocenters. The lowest BCUT2D eigenvalue weighted by Crippen LogP contribution is -1.91. The summed E-state index contributed by atoms with van der Waals surface area (Å²) in [5.41, 5.74) is 0. The summed E-state index contributed by atoms with van der Waals surface area (Å²) >= 11 is 1.73. The third-order valence-electron chi connectivity index (χ3n) is 1.26. The van der Waals surface area contributed by atoms with Gasteiger partial charge in [0.2, 0.25) is 0 Å². The quantitative estimate of drug-likeness (QED) is 0.333. The molecule has 0 aliphatic carbocycles. The summed E-state index contributed by atoms with van der Waals surface area (Å²) in [4.78, 5) is 0. The van der Waals surface area contributed by atoms with Gasteiger partial charge in [0.15, 0.2) is 0 Å². The van der Waals surface area contributed by atoms with Crippen molar-refractivity contribution in [2.75, 3.05) is 18.8 Å². The molecule has 0 aromatic carbocycles. The number of ether oxygens (including phenoxy) is 1. The van der Waals surface area contributed by atoms with E-state index in [4.69, 9.17) is 4.74 Å². The Bertz CT molecular complexity index is 91.6. The fourth-order valence-electron chi connectivity index (χ4n) is 0.730. The molecule has 0 fully saturated rings. The van der Waals surface area contributed by atoms with Gasteiger partial charge in [-0.2, -0.15) is 0 Å². The molecule has 0 radical (unpaired) electrons. The zero-order chi connectivity index (χ0) is 8.36. The van der Waals surface area contributed by atoms with Crippen LogP contribution in [0.2, 0.25) is 0 Å². The van der Waals surface area contributed by atoms with E-state index >= 15 is 0 Å². The fourth-order valence-corrected chi connectivity index (χ4v) is 1.01. The Kier molecular flexibility index (Phi) is 10.1. The molecule has 1 nitrogen and oxygen atoms in total. The van der Waals surface area contributed by atoms with E-state index in [1.807, 2.05) is 0 Å². The van der Waals surface area contributed by atoms with Gasteiger partial charge in [-0.15, -0.1) is 11.8 Å². The molecule has 0 aromatic heterocycles. The Morgan fingerprint density at radius 3 is 2.82 bits per heavy atom. The first kappa shape index (κ1) is 11.1. The summed E-state index contributed by atoms with van der Waals surface area (Å²) in [5.74, 6) is 0.831. The Hall–Kier alpha value is 0.0500. The number of unbranched alkanes of at least 4 members (excludes halogenated alkanes) is 1.